The Bertz CT molecular complexity index is 557. The van der Waals surface area contributed by atoms with Gasteiger partial charge in [0.05, 0.1) is 5.56 Å². The molecule has 0 bridgehead atoms. The maximum atomic E-state index is 12.4. The van der Waals surface area contributed by atoms with Crippen LogP contribution in [-0.2, 0) is 4.79 Å². The summed E-state index contributed by atoms with van der Waals surface area (Å²) in [6, 6.07) is 3.37. The summed E-state index contributed by atoms with van der Waals surface area (Å²) >= 11 is 0. The van der Waals surface area contributed by atoms with E-state index in [4.69, 9.17) is 0 Å². The molecule has 1 aromatic carbocycles. The third kappa shape index (κ3) is 2.69. The smallest absolute Gasteiger partial charge is 0.336 e. The number of carboxylic acid groups (broad SMARTS) is 1. The lowest BCUT2D eigenvalue weighted by atomic mass is 9.87. The molecule has 1 aliphatic carbocycles. The number of anilines is 1. The first kappa shape index (κ1) is 14.6. The molecule has 2 rings (SSSR count). The highest BCUT2D eigenvalue weighted by molar-refractivity contribution is 5.97. The van der Waals surface area contributed by atoms with Crippen molar-refractivity contribution in [1.82, 2.24) is 0 Å². The quantitative estimate of drug-likeness (QED) is 0.887. The highest BCUT2D eigenvalue weighted by Gasteiger charge is 2.36. The average molecular weight is 275 g/mol. The van der Waals surface area contributed by atoms with Crippen LogP contribution in [0.4, 0.5) is 5.69 Å². The average Bonchev–Trinajstić information content (AvgIpc) is 2.81. The highest BCUT2D eigenvalue weighted by atomic mass is 16.4. The minimum atomic E-state index is -0.964. The Morgan fingerprint density at radius 2 is 1.80 bits per heavy atom. The lowest BCUT2D eigenvalue weighted by Gasteiger charge is -2.22. The molecule has 0 atom stereocenters. The number of hydrogen-bond donors (Lipinski definition) is 2. The number of benzene rings is 1. The van der Waals surface area contributed by atoms with Crippen LogP contribution in [0, 0.1) is 19.3 Å². The van der Waals surface area contributed by atoms with Gasteiger partial charge in [-0.1, -0.05) is 19.8 Å². The molecule has 1 aromatic rings. The molecule has 1 saturated carbocycles. The third-order valence-corrected chi connectivity index (χ3v) is 4.41. The molecule has 0 aliphatic heterocycles. The van der Waals surface area contributed by atoms with Gasteiger partial charge in [0.2, 0.25) is 5.91 Å². The molecule has 4 heteroatoms. The van der Waals surface area contributed by atoms with E-state index in [0.29, 0.717) is 5.69 Å². The highest BCUT2D eigenvalue weighted by Crippen LogP contribution is 2.38. The van der Waals surface area contributed by atoms with Crippen LogP contribution in [0.5, 0.6) is 0 Å². The van der Waals surface area contributed by atoms with E-state index in [1.165, 1.54) is 0 Å². The molecule has 4 nitrogen and oxygen atoms in total. The molecule has 1 aliphatic rings. The van der Waals surface area contributed by atoms with Crippen molar-refractivity contribution in [3.05, 3.63) is 28.8 Å². The summed E-state index contributed by atoms with van der Waals surface area (Å²) in [6.07, 6.45) is 3.96. The van der Waals surface area contributed by atoms with Gasteiger partial charge in [-0.3, -0.25) is 4.79 Å². The zero-order valence-electron chi connectivity index (χ0n) is 12.2. The summed E-state index contributed by atoms with van der Waals surface area (Å²) in [5.74, 6) is -0.969. The van der Waals surface area contributed by atoms with E-state index in [1.54, 1.807) is 13.0 Å². The lowest BCUT2D eigenvalue weighted by molar-refractivity contribution is -0.124. The van der Waals surface area contributed by atoms with Crippen LogP contribution >= 0.6 is 0 Å². The Morgan fingerprint density at radius 1 is 1.20 bits per heavy atom. The number of carbonyl (C=O) groups excluding carboxylic acids is 1. The van der Waals surface area contributed by atoms with Gasteiger partial charge < -0.3 is 10.4 Å². The summed E-state index contributed by atoms with van der Waals surface area (Å²) in [6.45, 7) is 5.62. The number of carbonyl (C=O) groups is 2. The minimum Gasteiger partial charge on any atom is -0.478 e. The van der Waals surface area contributed by atoms with Gasteiger partial charge in [-0.2, -0.15) is 0 Å². The predicted molar refractivity (Wildman–Crippen MR) is 78.1 cm³/mol. The fourth-order valence-electron chi connectivity index (χ4n) is 2.82. The van der Waals surface area contributed by atoms with Crippen molar-refractivity contribution in [2.75, 3.05) is 5.32 Å². The zero-order chi connectivity index (χ0) is 14.9. The standard InChI is InChI=1S/C16H21NO3/c1-10-8-12(9-13(11(10)2)14(18)19)17-15(20)16(3)6-4-5-7-16/h8-9H,4-7H2,1-3H3,(H,17,20)(H,18,19). The van der Waals surface area contributed by atoms with Gasteiger partial charge in [0.1, 0.15) is 0 Å². The molecule has 1 amide bonds. The Hall–Kier alpha value is -1.84. The zero-order valence-corrected chi connectivity index (χ0v) is 12.2. The van der Waals surface area contributed by atoms with Gasteiger partial charge in [0.15, 0.2) is 0 Å². The van der Waals surface area contributed by atoms with Gasteiger partial charge in [-0.05, 0) is 49.9 Å². The second-order valence-electron chi connectivity index (χ2n) is 5.99. The van der Waals surface area contributed by atoms with Crippen LogP contribution in [0.3, 0.4) is 0 Å². The topological polar surface area (TPSA) is 66.4 Å². The molecule has 0 spiro atoms. The van der Waals surface area contributed by atoms with Gasteiger partial charge in [0, 0.05) is 11.1 Å². The molecule has 0 heterocycles. The van der Waals surface area contributed by atoms with Crippen LogP contribution in [0.15, 0.2) is 12.1 Å². The third-order valence-electron chi connectivity index (χ3n) is 4.41. The molecule has 1 fully saturated rings. The van der Waals surface area contributed by atoms with Crippen molar-refractivity contribution in [2.24, 2.45) is 5.41 Å². The number of carboxylic acids is 1. The fraction of sp³-hybridized carbons (Fsp3) is 0.500. The maximum Gasteiger partial charge on any atom is 0.336 e. The van der Waals surface area contributed by atoms with E-state index >= 15 is 0 Å². The van der Waals surface area contributed by atoms with Crippen molar-refractivity contribution < 1.29 is 14.7 Å². The number of hydrogen-bond acceptors (Lipinski definition) is 2. The second-order valence-corrected chi connectivity index (χ2v) is 5.99. The molecule has 0 radical (unpaired) electrons. The molecule has 0 unspecified atom stereocenters. The molecule has 108 valence electrons. The summed E-state index contributed by atoms with van der Waals surface area (Å²) < 4.78 is 0. The molecule has 20 heavy (non-hydrogen) atoms. The minimum absolute atomic E-state index is 0.00501. The summed E-state index contributed by atoms with van der Waals surface area (Å²) in [5, 5.41) is 12.1. The summed E-state index contributed by atoms with van der Waals surface area (Å²) in [5.41, 5.74) is 2.11. The number of amides is 1. The Morgan fingerprint density at radius 3 is 2.35 bits per heavy atom. The lowest BCUT2D eigenvalue weighted by Crippen LogP contribution is -2.30. The van der Waals surface area contributed by atoms with E-state index in [-0.39, 0.29) is 16.9 Å². The van der Waals surface area contributed by atoms with Crippen molar-refractivity contribution >= 4 is 17.6 Å². The second kappa shape index (κ2) is 5.27. The van der Waals surface area contributed by atoms with Crippen LogP contribution in [0.2, 0.25) is 0 Å². The van der Waals surface area contributed by atoms with E-state index in [2.05, 4.69) is 5.32 Å². The summed E-state index contributed by atoms with van der Waals surface area (Å²) in [4.78, 5) is 23.6. The summed E-state index contributed by atoms with van der Waals surface area (Å²) in [7, 11) is 0. The Balaban J connectivity index is 2.26. The van der Waals surface area contributed by atoms with E-state index in [9.17, 15) is 14.7 Å². The van der Waals surface area contributed by atoms with Crippen LogP contribution in [0.25, 0.3) is 0 Å². The van der Waals surface area contributed by atoms with Gasteiger partial charge in [0.25, 0.3) is 0 Å². The number of aryl methyl sites for hydroxylation is 1. The normalized spacial score (nSPS) is 16.9. The Kier molecular flexibility index (Phi) is 3.84. The molecule has 0 saturated heterocycles. The van der Waals surface area contributed by atoms with Crippen molar-refractivity contribution in [1.29, 1.82) is 0 Å². The van der Waals surface area contributed by atoms with E-state index in [0.717, 1.165) is 36.8 Å². The van der Waals surface area contributed by atoms with Crippen molar-refractivity contribution in [3.8, 4) is 0 Å². The molecular weight excluding hydrogens is 254 g/mol. The predicted octanol–water partition coefficient (Wildman–Crippen LogP) is 3.52. The first-order valence-corrected chi connectivity index (χ1v) is 6.99. The number of nitrogens with one attached hydrogen (secondary N) is 1. The first-order valence-electron chi connectivity index (χ1n) is 6.99. The van der Waals surface area contributed by atoms with Crippen molar-refractivity contribution in [3.63, 3.8) is 0 Å². The molecule has 2 N–H and O–H groups in total. The molecular formula is C16H21NO3. The van der Waals surface area contributed by atoms with Crippen LogP contribution in [0.1, 0.15) is 54.1 Å². The van der Waals surface area contributed by atoms with Crippen LogP contribution < -0.4 is 5.32 Å². The number of rotatable bonds is 3. The fourth-order valence-corrected chi connectivity index (χ4v) is 2.82. The number of aromatic carboxylic acids is 1. The largest absolute Gasteiger partial charge is 0.478 e. The van der Waals surface area contributed by atoms with Gasteiger partial charge in [-0.15, -0.1) is 0 Å². The van der Waals surface area contributed by atoms with E-state index in [1.807, 2.05) is 19.9 Å². The maximum absolute atomic E-state index is 12.4. The monoisotopic (exact) mass is 275 g/mol. The van der Waals surface area contributed by atoms with Crippen molar-refractivity contribution in [2.45, 2.75) is 46.5 Å². The first-order chi connectivity index (χ1) is 9.33. The van der Waals surface area contributed by atoms with E-state index < -0.39 is 5.97 Å². The SMILES string of the molecule is Cc1cc(NC(=O)C2(C)CCCC2)cc(C(=O)O)c1C. The molecule has 0 aromatic heterocycles. The Labute approximate surface area is 119 Å². The van der Waals surface area contributed by atoms with Gasteiger partial charge >= 0.3 is 5.97 Å². The van der Waals surface area contributed by atoms with Gasteiger partial charge in [-0.25, -0.2) is 4.79 Å². The van der Waals surface area contributed by atoms with Crippen LogP contribution in [-0.4, -0.2) is 17.0 Å².